The number of halogens is 1. The van der Waals surface area contributed by atoms with Crippen molar-refractivity contribution in [3.05, 3.63) is 18.7 Å². The molecule has 19 heavy (non-hydrogen) atoms. The van der Waals surface area contributed by atoms with Crippen molar-refractivity contribution in [3.63, 3.8) is 0 Å². The Morgan fingerprint density at radius 1 is 1.21 bits per heavy atom. The van der Waals surface area contributed by atoms with Crippen molar-refractivity contribution in [2.75, 3.05) is 0 Å². The van der Waals surface area contributed by atoms with Crippen LogP contribution in [0.3, 0.4) is 0 Å². The number of rotatable bonds is 1. The highest BCUT2D eigenvalue weighted by atomic mass is 127. The molecule has 2 aromatic rings. The monoisotopic (exact) mass is 371 g/mol. The van der Waals surface area contributed by atoms with Crippen molar-refractivity contribution < 1.29 is 9.31 Å². The van der Waals surface area contributed by atoms with Gasteiger partial charge >= 0.3 is 7.12 Å². The third-order valence-corrected chi connectivity index (χ3v) is 4.70. The Bertz CT molecular complexity index is 625. The van der Waals surface area contributed by atoms with Gasteiger partial charge in [-0.25, -0.2) is 9.97 Å². The predicted octanol–water partition coefficient (Wildman–Crippen LogP) is 1.93. The molecule has 3 rings (SSSR count). The van der Waals surface area contributed by atoms with Gasteiger partial charge in [0.1, 0.15) is 6.33 Å². The molecule has 0 amide bonds. The summed E-state index contributed by atoms with van der Waals surface area (Å²) in [5, 5.41) is 0.968. The zero-order valence-corrected chi connectivity index (χ0v) is 13.5. The molecule has 0 spiro atoms. The summed E-state index contributed by atoms with van der Waals surface area (Å²) >= 11 is 2.20. The lowest BCUT2D eigenvalue weighted by atomic mass is 9.79. The molecule has 0 unspecified atom stereocenters. The van der Waals surface area contributed by atoms with Crippen LogP contribution >= 0.6 is 22.9 Å². The van der Waals surface area contributed by atoms with Gasteiger partial charge in [-0.3, -0.25) is 2.78 Å². The van der Waals surface area contributed by atoms with Gasteiger partial charge < -0.3 is 9.31 Å². The second-order valence-electron chi connectivity index (χ2n) is 5.74. The van der Waals surface area contributed by atoms with Crippen LogP contribution in [0.15, 0.2) is 18.7 Å². The summed E-state index contributed by atoms with van der Waals surface area (Å²) in [5.41, 5.74) is 1.17. The molecule has 2 aromatic heterocycles. The Morgan fingerprint density at radius 2 is 1.84 bits per heavy atom. The Balaban J connectivity index is 2.08. The van der Waals surface area contributed by atoms with Crippen LogP contribution in [0.25, 0.3) is 11.0 Å². The molecule has 100 valence electrons. The van der Waals surface area contributed by atoms with Crippen LogP contribution in [0, 0.1) is 0 Å². The molecule has 0 radical (unpaired) electrons. The molecule has 1 saturated heterocycles. The lowest BCUT2D eigenvalue weighted by molar-refractivity contribution is 0.00578. The molecule has 3 heterocycles. The molecule has 1 aliphatic rings. The Hall–Kier alpha value is -0.665. The first kappa shape index (κ1) is 13.3. The molecule has 1 aliphatic heterocycles. The van der Waals surface area contributed by atoms with E-state index >= 15 is 0 Å². The largest absolute Gasteiger partial charge is 0.497 e. The van der Waals surface area contributed by atoms with E-state index in [9.17, 15) is 0 Å². The average Bonchev–Trinajstić information content (AvgIpc) is 2.76. The minimum Gasteiger partial charge on any atom is -0.399 e. The highest BCUT2D eigenvalue weighted by Gasteiger charge is 2.52. The number of nitrogens with zero attached hydrogens (tertiary/aromatic N) is 3. The van der Waals surface area contributed by atoms with Crippen molar-refractivity contribution in [2.24, 2.45) is 0 Å². The summed E-state index contributed by atoms with van der Waals surface area (Å²) in [6, 6.07) is 0. The molecule has 1 fully saturated rings. The van der Waals surface area contributed by atoms with Crippen molar-refractivity contribution in [3.8, 4) is 0 Å². The van der Waals surface area contributed by atoms with Gasteiger partial charge in [-0.1, -0.05) is 0 Å². The van der Waals surface area contributed by atoms with Gasteiger partial charge in [0.15, 0.2) is 5.65 Å². The van der Waals surface area contributed by atoms with Crippen LogP contribution in [0.1, 0.15) is 27.7 Å². The molecule has 0 aromatic carbocycles. The second-order valence-corrected chi connectivity index (χ2v) is 6.78. The topological polar surface area (TPSA) is 49.2 Å². The maximum absolute atomic E-state index is 6.08. The van der Waals surface area contributed by atoms with Gasteiger partial charge in [-0.05, 0) is 27.7 Å². The zero-order valence-electron chi connectivity index (χ0n) is 11.3. The quantitative estimate of drug-likeness (QED) is 0.568. The van der Waals surface area contributed by atoms with Gasteiger partial charge in [0.05, 0.1) is 34.1 Å². The highest BCUT2D eigenvalue weighted by Crippen LogP contribution is 2.37. The minimum atomic E-state index is -0.380. The molecule has 5 nitrogen and oxygen atoms in total. The number of hydrogen-bond acceptors (Lipinski definition) is 4. The Labute approximate surface area is 126 Å². The number of fused-ring (bicyclic) bond motifs is 1. The first-order chi connectivity index (χ1) is 8.82. The van der Waals surface area contributed by atoms with Crippen molar-refractivity contribution in [1.82, 2.24) is 12.7 Å². The van der Waals surface area contributed by atoms with Gasteiger partial charge in [0.2, 0.25) is 0 Å². The fraction of sp³-hybridized carbons (Fsp3) is 0.500. The second kappa shape index (κ2) is 4.16. The highest BCUT2D eigenvalue weighted by molar-refractivity contribution is 14.1. The molecule has 0 atom stereocenters. The first-order valence-electron chi connectivity index (χ1n) is 6.14. The van der Waals surface area contributed by atoms with Gasteiger partial charge in [-0.2, -0.15) is 0 Å². The molecular weight excluding hydrogens is 356 g/mol. The standard InChI is InChI=1S/C12H15BIN3O2/c1-11(2)12(3,4)19-13(18-11)9-6-17(14)10-8(9)5-15-7-16-10/h5-7H,1-4H3. The SMILES string of the molecule is CC1(C)OB(c2cn(I)c3ncncc23)OC1(C)C. The third-order valence-electron chi connectivity index (χ3n) is 3.96. The van der Waals surface area contributed by atoms with Crippen LogP contribution in [-0.4, -0.2) is 31.1 Å². The molecule has 0 saturated carbocycles. The zero-order chi connectivity index (χ0) is 13.8. The van der Waals surface area contributed by atoms with E-state index in [0.29, 0.717) is 0 Å². The van der Waals surface area contributed by atoms with Crippen LogP contribution < -0.4 is 5.46 Å². The lowest BCUT2D eigenvalue weighted by Gasteiger charge is -2.32. The molecule has 0 N–H and O–H groups in total. The van der Waals surface area contributed by atoms with Gasteiger partial charge in [0, 0.05) is 23.2 Å². The van der Waals surface area contributed by atoms with E-state index in [1.165, 1.54) is 0 Å². The van der Waals surface area contributed by atoms with Gasteiger partial charge in [0.25, 0.3) is 0 Å². The van der Waals surface area contributed by atoms with Crippen molar-refractivity contribution >= 4 is 46.5 Å². The van der Waals surface area contributed by atoms with Gasteiger partial charge in [-0.15, -0.1) is 0 Å². The van der Waals surface area contributed by atoms with E-state index in [1.807, 2.05) is 36.7 Å². The maximum atomic E-state index is 6.08. The predicted molar refractivity (Wildman–Crippen MR) is 82.7 cm³/mol. The summed E-state index contributed by atoms with van der Waals surface area (Å²) < 4.78 is 14.1. The van der Waals surface area contributed by atoms with E-state index < -0.39 is 0 Å². The van der Waals surface area contributed by atoms with E-state index in [2.05, 4.69) is 32.8 Å². The summed E-state index contributed by atoms with van der Waals surface area (Å²) in [6.07, 6.45) is 5.34. The van der Waals surface area contributed by atoms with Crippen LogP contribution in [0.4, 0.5) is 0 Å². The number of hydrogen-bond donors (Lipinski definition) is 0. The summed E-state index contributed by atoms with van der Waals surface area (Å²) in [7, 11) is -0.380. The van der Waals surface area contributed by atoms with E-state index in [1.54, 1.807) is 12.5 Å². The Kier molecular flexibility index (Phi) is 2.92. The number of aromatic nitrogens is 3. The summed E-state index contributed by atoms with van der Waals surface area (Å²) in [6.45, 7) is 8.19. The Morgan fingerprint density at radius 3 is 2.47 bits per heavy atom. The normalized spacial score (nSPS) is 21.2. The van der Waals surface area contributed by atoms with E-state index in [0.717, 1.165) is 16.5 Å². The minimum absolute atomic E-state index is 0.340. The fourth-order valence-electron chi connectivity index (χ4n) is 2.11. The van der Waals surface area contributed by atoms with Crippen LogP contribution in [-0.2, 0) is 9.31 Å². The average molecular weight is 371 g/mol. The summed E-state index contributed by atoms with van der Waals surface area (Å²) in [4.78, 5) is 8.37. The maximum Gasteiger partial charge on any atom is 0.497 e. The lowest BCUT2D eigenvalue weighted by Crippen LogP contribution is -2.41. The molecule has 0 aliphatic carbocycles. The van der Waals surface area contributed by atoms with E-state index in [4.69, 9.17) is 9.31 Å². The van der Waals surface area contributed by atoms with Crippen LogP contribution in [0.5, 0.6) is 0 Å². The third kappa shape index (κ3) is 1.98. The molecular formula is C12H15BIN3O2. The molecule has 0 bridgehead atoms. The van der Waals surface area contributed by atoms with E-state index in [-0.39, 0.29) is 18.3 Å². The smallest absolute Gasteiger partial charge is 0.399 e. The van der Waals surface area contributed by atoms with Crippen molar-refractivity contribution in [2.45, 2.75) is 38.9 Å². The summed E-state index contributed by atoms with van der Waals surface area (Å²) in [5.74, 6) is 0. The molecule has 7 heteroatoms. The first-order valence-corrected chi connectivity index (χ1v) is 7.11. The van der Waals surface area contributed by atoms with Crippen LogP contribution in [0.2, 0.25) is 0 Å². The van der Waals surface area contributed by atoms with Crippen molar-refractivity contribution in [1.29, 1.82) is 0 Å². The fourth-order valence-corrected chi connectivity index (χ4v) is 2.79.